The second kappa shape index (κ2) is 6.19. The standard InChI is InChI=1S/C12H10Br2N4O2/c1-20-10-5-9(6(13)4-7(10)14)16-12(19)8-2-3-11(15)18-17-8/h2-5H,1H3,(H2,15,18)(H,16,19). The van der Waals surface area contributed by atoms with Crippen LogP contribution in [0.3, 0.4) is 0 Å². The largest absolute Gasteiger partial charge is 0.495 e. The fourth-order valence-corrected chi connectivity index (χ4v) is 2.69. The Morgan fingerprint density at radius 3 is 2.60 bits per heavy atom. The van der Waals surface area contributed by atoms with E-state index in [0.29, 0.717) is 15.9 Å². The number of nitrogens with zero attached hydrogens (tertiary/aromatic N) is 2. The van der Waals surface area contributed by atoms with Crippen LogP contribution >= 0.6 is 31.9 Å². The number of nitrogens with two attached hydrogens (primary N) is 1. The summed E-state index contributed by atoms with van der Waals surface area (Å²) >= 11 is 6.72. The van der Waals surface area contributed by atoms with Crippen molar-refractivity contribution in [2.75, 3.05) is 18.2 Å². The van der Waals surface area contributed by atoms with E-state index >= 15 is 0 Å². The predicted molar refractivity (Wildman–Crippen MR) is 82.8 cm³/mol. The maximum atomic E-state index is 12.0. The fraction of sp³-hybridized carbons (Fsp3) is 0.0833. The molecule has 0 aliphatic rings. The maximum Gasteiger partial charge on any atom is 0.276 e. The van der Waals surface area contributed by atoms with Crippen molar-refractivity contribution in [1.29, 1.82) is 0 Å². The molecule has 0 aliphatic heterocycles. The van der Waals surface area contributed by atoms with Crippen molar-refractivity contribution >= 4 is 49.3 Å². The van der Waals surface area contributed by atoms with Crippen LogP contribution in [-0.2, 0) is 0 Å². The number of nitrogen functional groups attached to an aromatic ring is 1. The van der Waals surface area contributed by atoms with Gasteiger partial charge in [0.2, 0.25) is 0 Å². The molecule has 2 aromatic rings. The van der Waals surface area contributed by atoms with Crippen molar-refractivity contribution in [3.05, 3.63) is 38.9 Å². The Hall–Kier alpha value is -1.67. The molecular formula is C12H10Br2N4O2. The molecule has 0 atom stereocenters. The summed E-state index contributed by atoms with van der Waals surface area (Å²) in [6, 6.07) is 6.49. The molecule has 1 amide bonds. The van der Waals surface area contributed by atoms with Crippen LogP contribution in [0.15, 0.2) is 33.2 Å². The molecule has 0 aliphatic carbocycles. The van der Waals surface area contributed by atoms with E-state index in [2.05, 4.69) is 47.4 Å². The molecule has 0 unspecified atom stereocenters. The Labute approximate surface area is 132 Å². The van der Waals surface area contributed by atoms with E-state index in [1.807, 2.05) is 0 Å². The molecule has 0 radical (unpaired) electrons. The number of rotatable bonds is 3. The molecule has 2 rings (SSSR count). The summed E-state index contributed by atoms with van der Waals surface area (Å²) in [7, 11) is 1.55. The topological polar surface area (TPSA) is 90.1 Å². The molecule has 0 saturated heterocycles. The minimum atomic E-state index is -0.387. The number of carbonyl (C=O) groups excluding carboxylic acids is 1. The summed E-state index contributed by atoms with van der Waals surface area (Å²) in [5.74, 6) is 0.475. The van der Waals surface area contributed by atoms with Gasteiger partial charge in [-0.3, -0.25) is 4.79 Å². The highest BCUT2D eigenvalue weighted by atomic mass is 79.9. The molecule has 0 bridgehead atoms. The molecule has 0 spiro atoms. The van der Waals surface area contributed by atoms with Gasteiger partial charge < -0.3 is 15.8 Å². The van der Waals surface area contributed by atoms with Crippen LogP contribution in [-0.4, -0.2) is 23.2 Å². The first-order valence-electron chi connectivity index (χ1n) is 5.45. The summed E-state index contributed by atoms with van der Waals surface area (Å²) in [5, 5.41) is 10.1. The average Bonchev–Trinajstić information content (AvgIpc) is 2.42. The van der Waals surface area contributed by atoms with Gasteiger partial charge in [-0.1, -0.05) is 0 Å². The van der Waals surface area contributed by atoms with Crippen molar-refractivity contribution < 1.29 is 9.53 Å². The molecule has 1 aromatic heterocycles. The molecule has 0 fully saturated rings. The minimum Gasteiger partial charge on any atom is -0.495 e. The SMILES string of the molecule is COc1cc(NC(=O)c2ccc(N)nn2)c(Br)cc1Br. The Balaban J connectivity index is 2.25. The number of methoxy groups -OCH3 is 1. The summed E-state index contributed by atoms with van der Waals surface area (Å²) in [6.45, 7) is 0. The second-order valence-corrected chi connectivity index (χ2v) is 5.47. The number of anilines is 2. The predicted octanol–water partition coefficient (Wildman–Crippen LogP) is 2.84. The van der Waals surface area contributed by atoms with Crippen molar-refractivity contribution in [3.63, 3.8) is 0 Å². The van der Waals surface area contributed by atoms with Crippen LogP contribution in [0.1, 0.15) is 10.5 Å². The van der Waals surface area contributed by atoms with E-state index in [0.717, 1.165) is 4.47 Å². The lowest BCUT2D eigenvalue weighted by Gasteiger charge is -2.10. The molecule has 6 nitrogen and oxygen atoms in total. The number of aromatic nitrogens is 2. The van der Waals surface area contributed by atoms with Crippen molar-refractivity contribution in [2.24, 2.45) is 0 Å². The lowest BCUT2D eigenvalue weighted by atomic mass is 10.3. The third-order valence-corrected chi connectivity index (χ3v) is 3.68. The van der Waals surface area contributed by atoms with Crippen LogP contribution in [0.4, 0.5) is 11.5 Å². The Bertz CT molecular complexity index is 647. The second-order valence-electron chi connectivity index (χ2n) is 3.76. The summed E-state index contributed by atoms with van der Waals surface area (Å²) in [4.78, 5) is 12.0. The van der Waals surface area contributed by atoms with Crippen LogP contribution < -0.4 is 15.8 Å². The van der Waals surface area contributed by atoms with Gasteiger partial charge >= 0.3 is 0 Å². The minimum absolute atomic E-state index is 0.174. The number of halogens is 2. The third kappa shape index (κ3) is 3.26. The number of hydrogen-bond acceptors (Lipinski definition) is 5. The van der Waals surface area contributed by atoms with Gasteiger partial charge in [0.05, 0.1) is 17.3 Å². The van der Waals surface area contributed by atoms with Crippen LogP contribution in [0.5, 0.6) is 5.75 Å². The van der Waals surface area contributed by atoms with E-state index in [1.54, 1.807) is 19.2 Å². The van der Waals surface area contributed by atoms with Gasteiger partial charge in [0, 0.05) is 10.5 Å². The van der Waals surface area contributed by atoms with E-state index in [-0.39, 0.29) is 17.4 Å². The summed E-state index contributed by atoms with van der Waals surface area (Å²) in [6.07, 6.45) is 0. The molecular weight excluding hydrogens is 392 g/mol. The van der Waals surface area contributed by atoms with Crippen molar-refractivity contribution in [1.82, 2.24) is 10.2 Å². The lowest BCUT2D eigenvalue weighted by Crippen LogP contribution is -2.15. The maximum absolute atomic E-state index is 12.0. The first kappa shape index (κ1) is 14.7. The van der Waals surface area contributed by atoms with Gasteiger partial charge in [-0.25, -0.2) is 0 Å². The molecule has 1 heterocycles. The molecule has 20 heavy (non-hydrogen) atoms. The highest BCUT2D eigenvalue weighted by Crippen LogP contribution is 2.34. The van der Waals surface area contributed by atoms with Gasteiger partial charge in [-0.2, -0.15) is 0 Å². The zero-order valence-corrected chi connectivity index (χ0v) is 13.5. The van der Waals surface area contributed by atoms with Gasteiger partial charge in [-0.15, -0.1) is 10.2 Å². The first-order chi connectivity index (χ1) is 9.51. The first-order valence-corrected chi connectivity index (χ1v) is 7.03. The summed E-state index contributed by atoms with van der Waals surface area (Å²) in [5.41, 5.74) is 6.16. The highest BCUT2D eigenvalue weighted by Gasteiger charge is 2.13. The van der Waals surface area contributed by atoms with Crippen LogP contribution in [0, 0.1) is 0 Å². The van der Waals surface area contributed by atoms with Crippen molar-refractivity contribution in [2.45, 2.75) is 0 Å². The third-order valence-electron chi connectivity index (χ3n) is 2.41. The Morgan fingerprint density at radius 1 is 1.25 bits per heavy atom. The molecule has 8 heteroatoms. The van der Waals surface area contributed by atoms with E-state index in [9.17, 15) is 4.79 Å². The quantitative estimate of drug-likeness (QED) is 0.825. The van der Waals surface area contributed by atoms with Crippen LogP contribution in [0.25, 0.3) is 0 Å². The normalized spacial score (nSPS) is 10.2. The number of nitrogens with one attached hydrogen (secondary N) is 1. The lowest BCUT2D eigenvalue weighted by molar-refractivity contribution is 0.102. The van der Waals surface area contributed by atoms with Gasteiger partial charge in [0.25, 0.3) is 5.91 Å². The zero-order valence-electron chi connectivity index (χ0n) is 10.4. The average molecular weight is 402 g/mol. The number of amides is 1. The number of hydrogen-bond donors (Lipinski definition) is 2. The smallest absolute Gasteiger partial charge is 0.276 e. The fourth-order valence-electron chi connectivity index (χ4n) is 1.43. The number of ether oxygens (including phenoxy) is 1. The van der Waals surface area contributed by atoms with E-state index in [4.69, 9.17) is 10.5 Å². The molecule has 0 saturated carbocycles. The van der Waals surface area contributed by atoms with Crippen molar-refractivity contribution in [3.8, 4) is 5.75 Å². The number of benzene rings is 1. The monoisotopic (exact) mass is 400 g/mol. The summed E-state index contributed by atoms with van der Waals surface area (Å²) < 4.78 is 6.67. The number of carbonyl (C=O) groups is 1. The highest BCUT2D eigenvalue weighted by molar-refractivity contribution is 9.11. The van der Waals surface area contributed by atoms with E-state index in [1.165, 1.54) is 12.1 Å². The van der Waals surface area contributed by atoms with Gasteiger partial charge in [0.1, 0.15) is 11.6 Å². The Morgan fingerprint density at radius 2 is 2.00 bits per heavy atom. The zero-order chi connectivity index (χ0) is 14.7. The molecule has 3 N–H and O–H groups in total. The van der Waals surface area contributed by atoms with E-state index < -0.39 is 0 Å². The van der Waals surface area contributed by atoms with Gasteiger partial charge in [0.15, 0.2) is 5.69 Å². The molecule has 1 aromatic carbocycles. The van der Waals surface area contributed by atoms with Crippen LogP contribution in [0.2, 0.25) is 0 Å². The molecule has 104 valence electrons. The van der Waals surface area contributed by atoms with Gasteiger partial charge in [-0.05, 0) is 50.1 Å². The Kier molecular flexibility index (Phi) is 4.56.